The van der Waals surface area contributed by atoms with Crippen molar-refractivity contribution in [2.45, 2.75) is 31.5 Å². The van der Waals surface area contributed by atoms with Crippen molar-refractivity contribution >= 4 is 11.7 Å². The number of hydrogen-bond acceptors (Lipinski definition) is 3. The molecule has 0 saturated heterocycles. The summed E-state index contributed by atoms with van der Waals surface area (Å²) in [5, 5.41) is 14.5. The van der Waals surface area contributed by atoms with Crippen molar-refractivity contribution in [3.8, 4) is 5.75 Å². The van der Waals surface area contributed by atoms with E-state index in [1.54, 1.807) is 6.07 Å². The lowest BCUT2D eigenvalue weighted by molar-refractivity contribution is -0.153. The minimum Gasteiger partial charge on any atom is -0.482 e. The summed E-state index contributed by atoms with van der Waals surface area (Å²) in [6.45, 7) is -1.43. The van der Waals surface area contributed by atoms with Gasteiger partial charge in [0.25, 0.3) is 0 Å². The molecule has 1 aliphatic carbocycles. The van der Waals surface area contributed by atoms with Crippen molar-refractivity contribution < 1.29 is 27.8 Å². The van der Waals surface area contributed by atoms with Crippen molar-refractivity contribution in [2.24, 2.45) is 5.92 Å². The van der Waals surface area contributed by atoms with Gasteiger partial charge in [0.2, 0.25) is 0 Å². The highest BCUT2D eigenvalue weighted by atomic mass is 19.4. The van der Waals surface area contributed by atoms with Crippen molar-refractivity contribution in [3.63, 3.8) is 0 Å². The van der Waals surface area contributed by atoms with Crippen molar-refractivity contribution in [1.29, 1.82) is 0 Å². The minimum absolute atomic E-state index is 0.00374. The number of carbonyl (C=O) groups is 1. The Morgan fingerprint density at radius 3 is 2.74 bits per heavy atom. The van der Waals surface area contributed by atoms with E-state index in [1.807, 2.05) is 0 Å². The van der Waals surface area contributed by atoms with Gasteiger partial charge in [0.15, 0.2) is 6.61 Å². The molecule has 0 radical (unpaired) electrons. The third-order valence-corrected chi connectivity index (χ3v) is 3.74. The molecule has 0 aromatic heterocycles. The van der Waals surface area contributed by atoms with Crippen LogP contribution in [-0.2, 0) is 0 Å². The zero-order chi connectivity index (χ0) is 16.9. The van der Waals surface area contributed by atoms with Crippen LogP contribution in [0.25, 0.3) is 0 Å². The minimum atomic E-state index is -4.45. The molecule has 3 N–H and O–H groups in total. The first-order valence-corrected chi connectivity index (χ1v) is 7.36. The second-order valence-electron chi connectivity index (χ2n) is 5.48. The number of rotatable bonds is 5. The van der Waals surface area contributed by atoms with Crippen LogP contribution >= 0.6 is 0 Å². The number of benzene rings is 1. The number of hydrogen-bond donors (Lipinski definition) is 3. The average Bonchev–Trinajstić information content (AvgIpc) is 2.92. The van der Waals surface area contributed by atoms with Gasteiger partial charge in [-0.2, -0.15) is 13.2 Å². The molecule has 0 bridgehead atoms. The molecule has 0 heterocycles. The lowest BCUT2D eigenvalue weighted by atomic mass is 10.1. The molecule has 0 spiro atoms. The summed E-state index contributed by atoms with van der Waals surface area (Å²) in [5.41, 5.74) is 0.160. The fourth-order valence-corrected chi connectivity index (χ4v) is 2.63. The van der Waals surface area contributed by atoms with E-state index in [-0.39, 0.29) is 30.0 Å². The summed E-state index contributed by atoms with van der Waals surface area (Å²) in [6.07, 6.45) is -1.92. The first-order valence-electron chi connectivity index (χ1n) is 7.36. The SMILES string of the molecule is O=C(Nc1ccccc1OCC(F)(F)F)N[C@H]1CCC[C@@H]1CO. The predicted octanol–water partition coefficient (Wildman–Crippen LogP) is 2.91. The van der Waals surface area contributed by atoms with Gasteiger partial charge in [0.1, 0.15) is 5.75 Å². The quantitative estimate of drug-likeness (QED) is 0.776. The summed E-state index contributed by atoms with van der Waals surface area (Å²) in [6, 6.07) is 5.26. The Balaban J connectivity index is 1.95. The molecule has 5 nitrogen and oxygen atoms in total. The van der Waals surface area contributed by atoms with Gasteiger partial charge in [0.05, 0.1) is 5.69 Å². The van der Waals surface area contributed by atoms with E-state index in [4.69, 9.17) is 4.74 Å². The van der Waals surface area contributed by atoms with Crippen molar-refractivity contribution in [1.82, 2.24) is 5.32 Å². The normalized spacial score (nSPS) is 21.0. The number of nitrogens with one attached hydrogen (secondary N) is 2. The van der Waals surface area contributed by atoms with Crippen LogP contribution in [0, 0.1) is 5.92 Å². The molecule has 2 rings (SSSR count). The largest absolute Gasteiger partial charge is 0.482 e. The van der Waals surface area contributed by atoms with E-state index in [0.29, 0.717) is 0 Å². The van der Waals surface area contributed by atoms with Crippen LogP contribution in [-0.4, -0.2) is 36.6 Å². The molecule has 128 valence electrons. The molecule has 8 heteroatoms. The number of anilines is 1. The molecule has 0 aliphatic heterocycles. The number of aliphatic hydroxyl groups excluding tert-OH is 1. The lowest BCUT2D eigenvalue weighted by Crippen LogP contribution is -2.41. The predicted molar refractivity (Wildman–Crippen MR) is 78.4 cm³/mol. The second-order valence-corrected chi connectivity index (χ2v) is 5.48. The summed E-state index contributed by atoms with van der Waals surface area (Å²) in [4.78, 5) is 12.0. The highest BCUT2D eigenvalue weighted by Gasteiger charge is 2.30. The van der Waals surface area contributed by atoms with Gasteiger partial charge >= 0.3 is 12.2 Å². The number of alkyl halides is 3. The smallest absolute Gasteiger partial charge is 0.422 e. The van der Waals surface area contributed by atoms with E-state index in [1.165, 1.54) is 18.2 Å². The highest BCUT2D eigenvalue weighted by molar-refractivity contribution is 5.91. The zero-order valence-electron chi connectivity index (χ0n) is 12.4. The van der Waals surface area contributed by atoms with Gasteiger partial charge < -0.3 is 20.5 Å². The topological polar surface area (TPSA) is 70.6 Å². The van der Waals surface area contributed by atoms with Crippen LogP contribution in [0.3, 0.4) is 0 Å². The number of halogens is 3. The Bertz CT molecular complexity index is 537. The lowest BCUT2D eigenvalue weighted by Gasteiger charge is -2.20. The first-order chi connectivity index (χ1) is 10.9. The number of carbonyl (C=O) groups excluding carboxylic acids is 1. The zero-order valence-corrected chi connectivity index (χ0v) is 12.4. The van der Waals surface area contributed by atoms with Gasteiger partial charge in [0, 0.05) is 18.6 Å². The van der Waals surface area contributed by atoms with Crippen LogP contribution in [0.2, 0.25) is 0 Å². The molecule has 1 fully saturated rings. The maximum absolute atomic E-state index is 12.2. The van der Waals surface area contributed by atoms with Crippen LogP contribution in [0.15, 0.2) is 24.3 Å². The first kappa shape index (κ1) is 17.4. The van der Waals surface area contributed by atoms with Crippen LogP contribution in [0.5, 0.6) is 5.75 Å². The standard InChI is InChI=1S/C15H19F3N2O3/c16-15(17,18)9-23-13-7-2-1-5-12(13)20-14(22)19-11-6-3-4-10(11)8-21/h1-2,5,7,10-11,21H,3-4,6,8-9H2,(H2,19,20,22)/t10-,11+/m1/s1. The molecular formula is C15H19F3N2O3. The van der Waals surface area contributed by atoms with Gasteiger partial charge in [-0.1, -0.05) is 18.6 Å². The van der Waals surface area contributed by atoms with Crippen LogP contribution in [0.1, 0.15) is 19.3 Å². The number of para-hydroxylation sites is 2. The Morgan fingerprint density at radius 1 is 1.30 bits per heavy atom. The third kappa shape index (κ3) is 5.31. The molecule has 1 saturated carbocycles. The molecule has 23 heavy (non-hydrogen) atoms. The van der Waals surface area contributed by atoms with Crippen LogP contribution in [0.4, 0.5) is 23.7 Å². The van der Waals surface area contributed by atoms with Gasteiger partial charge in [-0.3, -0.25) is 0 Å². The number of ether oxygens (including phenoxy) is 1. The van der Waals surface area contributed by atoms with E-state index < -0.39 is 18.8 Å². The third-order valence-electron chi connectivity index (χ3n) is 3.74. The van der Waals surface area contributed by atoms with Crippen molar-refractivity contribution in [3.05, 3.63) is 24.3 Å². The van der Waals surface area contributed by atoms with E-state index in [2.05, 4.69) is 10.6 Å². The molecule has 2 amide bonds. The monoisotopic (exact) mass is 332 g/mol. The van der Waals surface area contributed by atoms with Gasteiger partial charge in [-0.15, -0.1) is 0 Å². The summed E-state index contributed by atoms with van der Waals surface area (Å²) in [5.74, 6) is -0.0393. The van der Waals surface area contributed by atoms with E-state index in [9.17, 15) is 23.1 Å². The molecule has 1 aliphatic rings. The second kappa shape index (κ2) is 7.54. The average molecular weight is 332 g/mol. The number of amides is 2. The maximum Gasteiger partial charge on any atom is 0.422 e. The molecule has 1 aromatic rings. The number of aliphatic hydroxyl groups is 1. The van der Waals surface area contributed by atoms with Crippen molar-refractivity contribution in [2.75, 3.05) is 18.5 Å². The van der Waals surface area contributed by atoms with Gasteiger partial charge in [-0.05, 0) is 25.0 Å². The fraction of sp³-hybridized carbons (Fsp3) is 0.533. The summed E-state index contributed by atoms with van der Waals surface area (Å²) in [7, 11) is 0. The Morgan fingerprint density at radius 2 is 2.04 bits per heavy atom. The van der Waals surface area contributed by atoms with E-state index >= 15 is 0 Å². The Hall–Kier alpha value is -1.96. The van der Waals surface area contributed by atoms with Gasteiger partial charge in [-0.25, -0.2) is 4.79 Å². The molecule has 2 atom stereocenters. The summed E-state index contributed by atoms with van der Waals surface area (Å²) < 4.78 is 41.4. The molecule has 0 unspecified atom stereocenters. The molecular weight excluding hydrogens is 313 g/mol. The Labute approximate surface area is 131 Å². The molecule has 1 aromatic carbocycles. The summed E-state index contributed by atoms with van der Waals surface area (Å²) >= 11 is 0. The van der Waals surface area contributed by atoms with Crippen LogP contribution < -0.4 is 15.4 Å². The number of urea groups is 1. The maximum atomic E-state index is 12.2. The Kier molecular flexibility index (Phi) is 5.70. The van der Waals surface area contributed by atoms with E-state index in [0.717, 1.165) is 19.3 Å². The highest BCUT2D eigenvalue weighted by Crippen LogP contribution is 2.27. The fourth-order valence-electron chi connectivity index (χ4n) is 2.63.